The van der Waals surface area contributed by atoms with E-state index in [4.69, 9.17) is 0 Å². The van der Waals surface area contributed by atoms with Gasteiger partial charge in [0.1, 0.15) is 5.60 Å². The van der Waals surface area contributed by atoms with Crippen LogP contribution in [0.1, 0.15) is 29.9 Å². The molecular weight excluding hydrogens is 252 g/mol. The molecule has 1 N–H and O–H groups in total. The van der Waals surface area contributed by atoms with Gasteiger partial charge in [0.2, 0.25) is 0 Å². The summed E-state index contributed by atoms with van der Waals surface area (Å²) in [6.45, 7) is 3.36. The van der Waals surface area contributed by atoms with Gasteiger partial charge in [-0.15, -0.1) is 11.3 Å². The van der Waals surface area contributed by atoms with Crippen LogP contribution < -0.4 is 0 Å². The van der Waals surface area contributed by atoms with Crippen molar-refractivity contribution in [3.8, 4) is 11.8 Å². The average molecular weight is 268 g/mol. The highest BCUT2D eigenvalue weighted by atomic mass is 32.1. The molecular formula is C17H16OS. The fourth-order valence-electron chi connectivity index (χ4n) is 1.47. The van der Waals surface area contributed by atoms with Gasteiger partial charge in [-0.3, -0.25) is 0 Å². The quantitative estimate of drug-likeness (QED) is 0.815. The van der Waals surface area contributed by atoms with E-state index in [1.807, 2.05) is 30.3 Å². The maximum absolute atomic E-state index is 9.54. The zero-order chi connectivity index (χ0) is 13.7. The highest BCUT2D eigenvalue weighted by molar-refractivity contribution is 7.10. The molecule has 19 heavy (non-hydrogen) atoms. The van der Waals surface area contributed by atoms with E-state index in [1.165, 1.54) is 4.88 Å². The van der Waals surface area contributed by atoms with Gasteiger partial charge in [-0.1, -0.05) is 36.1 Å². The van der Waals surface area contributed by atoms with Crippen LogP contribution in [0.4, 0.5) is 0 Å². The summed E-state index contributed by atoms with van der Waals surface area (Å²) < 4.78 is 0. The Hall–Kier alpha value is -1.82. The SMILES string of the molecule is CC(C)(O)C#Cc1ccc(/C=C/c2cccs2)cc1. The monoisotopic (exact) mass is 268 g/mol. The molecule has 0 saturated carbocycles. The first-order valence-electron chi connectivity index (χ1n) is 6.10. The second kappa shape index (κ2) is 5.88. The Labute approximate surface area is 118 Å². The second-order valence-electron chi connectivity index (χ2n) is 4.78. The van der Waals surface area contributed by atoms with Crippen LogP contribution in [0.5, 0.6) is 0 Å². The van der Waals surface area contributed by atoms with Crippen LogP contribution in [0.25, 0.3) is 12.2 Å². The molecule has 0 bridgehead atoms. The van der Waals surface area contributed by atoms with Crippen molar-refractivity contribution in [2.24, 2.45) is 0 Å². The topological polar surface area (TPSA) is 20.2 Å². The lowest BCUT2D eigenvalue weighted by Crippen LogP contribution is -2.14. The predicted molar refractivity (Wildman–Crippen MR) is 82.9 cm³/mol. The molecule has 0 spiro atoms. The van der Waals surface area contributed by atoms with Gasteiger partial charge >= 0.3 is 0 Å². The van der Waals surface area contributed by atoms with Crippen LogP contribution in [0.15, 0.2) is 41.8 Å². The lowest BCUT2D eigenvalue weighted by Gasteiger charge is -2.05. The van der Waals surface area contributed by atoms with Crippen LogP contribution in [0, 0.1) is 11.8 Å². The lowest BCUT2D eigenvalue weighted by molar-refractivity contribution is 0.143. The largest absolute Gasteiger partial charge is 0.378 e. The molecule has 0 aliphatic rings. The van der Waals surface area contributed by atoms with Crippen molar-refractivity contribution in [2.75, 3.05) is 0 Å². The maximum atomic E-state index is 9.54. The number of thiophene rings is 1. The highest BCUT2D eigenvalue weighted by Crippen LogP contribution is 2.13. The summed E-state index contributed by atoms with van der Waals surface area (Å²) in [6, 6.07) is 12.1. The van der Waals surface area contributed by atoms with Gasteiger partial charge in [-0.2, -0.15) is 0 Å². The van der Waals surface area contributed by atoms with E-state index >= 15 is 0 Å². The molecule has 0 radical (unpaired) electrons. The number of benzene rings is 1. The third-order valence-electron chi connectivity index (χ3n) is 2.41. The van der Waals surface area contributed by atoms with Crippen LogP contribution in [0.3, 0.4) is 0 Å². The predicted octanol–water partition coefficient (Wildman–Crippen LogP) is 4.04. The summed E-state index contributed by atoms with van der Waals surface area (Å²) in [5, 5.41) is 11.6. The fourth-order valence-corrected chi connectivity index (χ4v) is 2.09. The molecule has 1 heterocycles. The lowest BCUT2D eigenvalue weighted by atomic mass is 10.1. The van der Waals surface area contributed by atoms with Crippen molar-refractivity contribution in [1.82, 2.24) is 0 Å². The molecule has 2 aromatic rings. The summed E-state index contributed by atoms with van der Waals surface area (Å²) in [4.78, 5) is 1.24. The Morgan fingerprint density at radius 1 is 1.11 bits per heavy atom. The minimum Gasteiger partial charge on any atom is -0.378 e. The van der Waals surface area contributed by atoms with E-state index in [2.05, 4.69) is 35.4 Å². The maximum Gasteiger partial charge on any atom is 0.120 e. The summed E-state index contributed by atoms with van der Waals surface area (Å²) in [5.74, 6) is 5.76. The van der Waals surface area contributed by atoms with E-state index < -0.39 is 5.60 Å². The Bertz CT molecular complexity index is 602. The van der Waals surface area contributed by atoms with Crippen molar-refractivity contribution in [2.45, 2.75) is 19.4 Å². The minimum absolute atomic E-state index is 0.912. The molecule has 2 heteroatoms. The average Bonchev–Trinajstić information content (AvgIpc) is 2.87. The van der Waals surface area contributed by atoms with E-state index in [1.54, 1.807) is 25.2 Å². The summed E-state index contributed by atoms with van der Waals surface area (Å²) in [6.07, 6.45) is 4.18. The molecule has 0 unspecified atom stereocenters. The van der Waals surface area contributed by atoms with Crippen molar-refractivity contribution >= 4 is 23.5 Å². The molecule has 0 atom stereocenters. The second-order valence-corrected chi connectivity index (χ2v) is 5.76. The molecule has 0 aliphatic heterocycles. The molecule has 0 amide bonds. The molecule has 2 rings (SSSR count). The van der Waals surface area contributed by atoms with Crippen LogP contribution >= 0.6 is 11.3 Å². The molecule has 1 nitrogen and oxygen atoms in total. The number of hydrogen-bond acceptors (Lipinski definition) is 2. The van der Waals surface area contributed by atoms with E-state index in [0.29, 0.717) is 0 Å². The first-order valence-corrected chi connectivity index (χ1v) is 6.98. The van der Waals surface area contributed by atoms with Crippen molar-refractivity contribution in [1.29, 1.82) is 0 Å². The Balaban J connectivity index is 2.08. The first kappa shape index (κ1) is 13.6. The first-order chi connectivity index (χ1) is 9.03. The smallest absolute Gasteiger partial charge is 0.120 e. The summed E-state index contributed by atoms with van der Waals surface area (Å²) in [7, 11) is 0. The standard InChI is InChI=1S/C17H16OS/c1-17(2,18)12-11-15-7-5-14(6-8-15)9-10-16-4-3-13-19-16/h3-10,13,18H,1-2H3/b10-9+. The van der Waals surface area contributed by atoms with Gasteiger partial charge in [0, 0.05) is 10.4 Å². The Kier molecular flexibility index (Phi) is 4.21. The van der Waals surface area contributed by atoms with E-state index in [-0.39, 0.29) is 0 Å². The third kappa shape index (κ3) is 4.75. The number of hydrogen-bond donors (Lipinski definition) is 1. The van der Waals surface area contributed by atoms with Crippen molar-refractivity contribution < 1.29 is 5.11 Å². The van der Waals surface area contributed by atoms with E-state index in [0.717, 1.165) is 11.1 Å². The van der Waals surface area contributed by atoms with Gasteiger partial charge in [0.15, 0.2) is 0 Å². The molecule has 1 aromatic carbocycles. The normalized spacial score (nSPS) is 11.3. The van der Waals surface area contributed by atoms with Gasteiger partial charge < -0.3 is 5.11 Å². The molecule has 1 aromatic heterocycles. The fraction of sp³-hybridized carbons (Fsp3) is 0.176. The van der Waals surface area contributed by atoms with Crippen LogP contribution in [-0.4, -0.2) is 10.7 Å². The van der Waals surface area contributed by atoms with Crippen molar-refractivity contribution in [3.05, 3.63) is 57.8 Å². The zero-order valence-corrected chi connectivity index (χ0v) is 11.9. The summed E-state index contributed by atoms with van der Waals surface area (Å²) in [5.41, 5.74) is 1.11. The highest BCUT2D eigenvalue weighted by Gasteiger charge is 2.05. The van der Waals surface area contributed by atoms with Gasteiger partial charge in [-0.05, 0) is 49.1 Å². The molecule has 0 saturated heterocycles. The number of rotatable bonds is 2. The van der Waals surface area contributed by atoms with Gasteiger partial charge in [0.25, 0.3) is 0 Å². The minimum atomic E-state index is -0.947. The number of aliphatic hydroxyl groups is 1. The zero-order valence-electron chi connectivity index (χ0n) is 11.1. The molecule has 0 fully saturated rings. The van der Waals surface area contributed by atoms with Crippen LogP contribution in [0.2, 0.25) is 0 Å². The van der Waals surface area contributed by atoms with Gasteiger partial charge in [-0.25, -0.2) is 0 Å². The Morgan fingerprint density at radius 2 is 1.84 bits per heavy atom. The van der Waals surface area contributed by atoms with Gasteiger partial charge in [0.05, 0.1) is 0 Å². The molecule has 0 aliphatic carbocycles. The van der Waals surface area contributed by atoms with E-state index in [9.17, 15) is 5.11 Å². The Morgan fingerprint density at radius 3 is 2.42 bits per heavy atom. The van der Waals surface area contributed by atoms with Crippen LogP contribution in [-0.2, 0) is 0 Å². The van der Waals surface area contributed by atoms with Crippen molar-refractivity contribution in [3.63, 3.8) is 0 Å². The third-order valence-corrected chi connectivity index (χ3v) is 3.24. The molecule has 96 valence electrons. The summed E-state index contributed by atoms with van der Waals surface area (Å²) >= 11 is 1.72.